The van der Waals surface area contributed by atoms with Crippen LogP contribution in [0.5, 0.6) is 0 Å². The van der Waals surface area contributed by atoms with Gasteiger partial charge in [-0.05, 0) is 24.1 Å². The predicted molar refractivity (Wildman–Crippen MR) is 73.9 cm³/mol. The molecule has 20 heavy (non-hydrogen) atoms. The van der Waals surface area contributed by atoms with E-state index in [2.05, 4.69) is 0 Å². The monoisotopic (exact) mass is 278 g/mol. The van der Waals surface area contributed by atoms with Gasteiger partial charge in [0.15, 0.2) is 5.78 Å². The number of ketones is 1. The molecule has 0 bridgehead atoms. The number of rotatable bonds is 1. The fraction of sp³-hybridized carbons (Fsp3) is 0.688. The van der Waals surface area contributed by atoms with Crippen molar-refractivity contribution < 1.29 is 19.4 Å². The summed E-state index contributed by atoms with van der Waals surface area (Å²) in [7, 11) is 1.56. The third-order valence-electron chi connectivity index (χ3n) is 5.72. The van der Waals surface area contributed by atoms with Crippen LogP contribution >= 0.6 is 0 Å². The first-order chi connectivity index (χ1) is 9.29. The molecule has 0 unspecified atom stereocenters. The summed E-state index contributed by atoms with van der Waals surface area (Å²) in [5.41, 5.74) is -0.449. The van der Waals surface area contributed by atoms with Gasteiger partial charge in [-0.1, -0.05) is 26.8 Å². The van der Waals surface area contributed by atoms with Crippen LogP contribution in [0.25, 0.3) is 0 Å². The SMILES string of the molecule is CO[C@]12C=C3C=CC(=O)[C@H](C)[C@@]3(C)C[C@@]1(O)[C@H](C)CO2. The van der Waals surface area contributed by atoms with E-state index in [1.807, 2.05) is 32.9 Å². The minimum Gasteiger partial charge on any atom is -0.383 e. The van der Waals surface area contributed by atoms with Crippen LogP contribution < -0.4 is 0 Å². The number of hydrogen-bond donors (Lipinski definition) is 1. The van der Waals surface area contributed by atoms with E-state index in [1.54, 1.807) is 13.2 Å². The van der Waals surface area contributed by atoms with E-state index in [0.29, 0.717) is 13.0 Å². The van der Waals surface area contributed by atoms with Crippen molar-refractivity contribution >= 4 is 5.78 Å². The smallest absolute Gasteiger partial charge is 0.218 e. The Balaban J connectivity index is 2.19. The minimum atomic E-state index is -1.10. The summed E-state index contributed by atoms with van der Waals surface area (Å²) in [6.07, 6.45) is 5.80. The fourth-order valence-corrected chi connectivity index (χ4v) is 3.92. The molecule has 4 heteroatoms. The lowest BCUT2D eigenvalue weighted by molar-refractivity contribution is -0.256. The van der Waals surface area contributed by atoms with Gasteiger partial charge in [0.2, 0.25) is 5.79 Å². The molecule has 3 rings (SSSR count). The highest BCUT2D eigenvalue weighted by atomic mass is 16.7. The number of hydrogen-bond acceptors (Lipinski definition) is 4. The van der Waals surface area contributed by atoms with Crippen LogP contribution in [0.1, 0.15) is 27.2 Å². The third kappa shape index (κ3) is 1.45. The second-order valence-electron chi connectivity index (χ2n) is 6.66. The summed E-state index contributed by atoms with van der Waals surface area (Å²) in [5.74, 6) is -1.16. The standard InChI is InChI=1S/C16H22O4/c1-10-8-20-16(19-4)7-12-5-6-13(17)11(2)14(12,3)9-15(10,16)18/h5-7,10-11,18H,8-9H2,1-4H3/t10-,11+,14-,15-,16+/m1/s1. The van der Waals surface area contributed by atoms with Gasteiger partial charge in [0.25, 0.3) is 0 Å². The van der Waals surface area contributed by atoms with Crippen LogP contribution in [-0.4, -0.2) is 36.0 Å². The third-order valence-corrected chi connectivity index (χ3v) is 5.72. The molecule has 0 radical (unpaired) electrons. The molecule has 5 atom stereocenters. The van der Waals surface area contributed by atoms with Gasteiger partial charge >= 0.3 is 0 Å². The molecule has 0 aromatic carbocycles. The van der Waals surface area contributed by atoms with E-state index >= 15 is 0 Å². The summed E-state index contributed by atoms with van der Waals surface area (Å²) >= 11 is 0. The van der Waals surface area contributed by atoms with Crippen molar-refractivity contribution in [2.45, 2.75) is 38.6 Å². The largest absolute Gasteiger partial charge is 0.383 e. The van der Waals surface area contributed by atoms with Crippen molar-refractivity contribution in [3.05, 3.63) is 23.8 Å². The van der Waals surface area contributed by atoms with Crippen LogP contribution in [0.15, 0.2) is 23.8 Å². The highest BCUT2D eigenvalue weighted by molar-refractivity contribution is 5.94. The molecular weight excluding hydrogens is 256 g/mol. The summed E-state index contributed by atoms with van der Waals surface area (Å²) in [4.78, 5) is 12.0. The first-order valence-corrected chi connectivity index (χ1v) is 7.16. The van der Waals surface area contributed by atoms with E-state index in [9.17, 15) is 9.90 Å². The topological polar surface area (TPSA) is 55.8 Å². The molecule has 4 nitrogen and oxygen atoms in total. The molecule has 3 aliphatic rings. The van der Waals surface area contributed by atoms with Crippen LogP contribution in [0.3, 0.4) is 0 Å². The molecule has 1 fully saturated rings. The van der Waals surface area contributed by atoms with Crippen LogP contribution in [0.4, 0.5) is 0 Å². The molecule has 0 aromatic rings. The van der Waals surface area contributed by atoms with Crippen molar-refractivity contribution in [1.82, 2.24) is 0 Å². The normalized spacial score (nSPS) is 50.6. The Kier molecular flexibility index (Phi) is 2.82. The number of aliphatic hydroxyl groups is 1. The molecule has 110 valence electrons. The Bertz CT molecular complexity index is 523. The molecule has 2 aliphatic carbocycles. The van der Waals surface area contributed by atoms with Crippen molar-refractivity contribution in [3.8, 4) is 0 Å². The molecule has 1 aliphatic heterocycles. The molecule has 0 saturated carbocycles. The van der Waals surface area contributed by atoms with Gasteiger partial charge < -0.3 is 14.6 Å². The Morgan fingerprint density at radius 1 is 1.40 bits per heavy atom. The summed E-state index contributed by atoms with van der Waals surface area (Å²) in [5, 5.41) is 11.2. The van der Waals surface area contributed by atoms with E-state index in [1.165, 1.54) is 0 Å². The van der Waals surface area contributed by atoms with Crippen LogP contribution in [0.2, 0.25) is 0 Å². The van der Waals surface area contributed by atoms with Crippen LogP contribution in [-0.2, 0) is 14.3 Å². The Morgan fingerprint density at radius 2 is 2.10 bits per heavy atom. The molecule has 0 aromatic heterocycles. The lowest BCUT2D eigenvalue weighted by Crippen LogP contribution is -2.61. The Hall–Kier alpha value is -0.970. The maximum Gasteiger partial charge on any atom is 0.218 e. The van der Waals surface area contributed by atoms with E-state index in [-0.39, 0.29) is 23.0 Å². The lowest BCUT2D eigenvalue weighted by Gasteiger charge is -2.52. The van der Waals surface area contributed by atoms with Gasteiger partial charge in [0, 0.05) is 24.4 Å². The molecule has 1 saturated heterocycles. The van der Waals surface area contributed by atoms with E-state index in [4.69, 9.17) is 9.47 Å². The van der Waals surface area contributed by atoms with Crippen molar-refractivity contribution in [2.75, 3.05) is 13.7 Å². The van der Waals surface area contributed by atoms with Crippen LogP contribution in [0, 0.1) is 17.3 Å². The van der Waals surface area contributed by atoms with Gasteiger partial charge in [0.05, 0.1) is 6.61 Å². The number of methoxy groups -OCH3 is 1. The number of fused-ring (bicyclic) bond motifs is 2. The quantitative estimate of drug-likeness (QED) is 0.795. The van der Waals surface area contributed by atoms with Gasteiger partial charge in [-0.15, -0.1) is 0 Å². The molecular formula is C16H22O4. The van der Waals surface area contributed by atoms with Gasteiger partial charge in [-0.25, -0.2) is 0 Å². The van der Waals surface area contributed by atoms with E-state index in [0.717, 1.165) is 5.57 Å². The minimum absolute atomic E-state index is 0.0368. The maximum atomic E-state index is 12.0. The zero-order valence-corrected chi connectivity index (χ0v) is 12.5. The molecule has 0 spiro atoms. The number of carbonyl (C=O) groups is 1. The molecule has 1 heterocycles. The maximum absolute atomic E-state index is 12.0. The second-order valence-corrected chi connectivity index (χ2v) is 6.66. The zero-order valence-electron chi connectivity index (χ0n) is 12.5. The van der Waals surface area contributed by atoms with Gasteiger partial charge in [-0.3, -0.25) is 4.79 Å². The zero-order chi connectivity index (χ0) is 14.8. The van der Waals surface area contributed by atoms with Gasteiger partial charge in [-0.2, -0.15) is 0 Å². The fourth-order valence-electron chi connectivity index (χ4n) is 3.92. The predicted octanol–water partition coefficient (Wildman–Crippen LogP) is 1.84. The average molecular weight is 278 g/mol. The molecule has 0 amide bonds. The first-order valence-electron chi connectivity index (χ1n) is 7.16. The van der Waals surface area contributed by atoms with E-state index < -0.39 is 11.4 Å². The molecule has 1 N–H and O–H groups in total. The summed E-state index contributed by atoms with van der Waals surface area (Å²) in [6, 6.07) is 0. The summed E-state index contributed by atoms with van der Waals surface area (Å²) in [6.45, 7) is 6.40. The Labute approximate surface area is 119 Å². The van der Waals surface area contributed by atoms with Gasteiger partial charge in [0.1, 0.15) is 5.60 Å². The number of ether oxygens (including phenoxy) is 2. The number of carbonyl (C=O) groups excluding carboxylic acids is 1. The van der Waals surface area contributed by atoms with Crippen molar-refractivity contribution in [3.63, 3.8) is 0 Å². The van der Waals surface area contributed by atoms with Crippen molar-refractivity contribution in [1.29, 1.82) is 0 Å². The van der Waals surface area contributed by atoms with Crippen molar-refractivity contribution in [2.24, 2.45) is 17.3 Å². The first kappa shape index (κ1) is 14.0. The number of allylic oxidation sites excluding steroid dienone is 3. The highest BCUT2D eigenvalue weighted by Crippen LogP contribution is 2.58. The second kappa shape index (κ2) is 4.03. The highest BCUT2D eigenvalue weighted by Gasteiger charge is 2.65. The summed E-state index contributed by atoms with van der Waals surface area (Å²) < 4.78 is 11.4. The Morgan fingerprint density at radius 3 is 2.75 bits per heavy atom. The lowest BCUT2D eigenvalue weighted by atomic mass is 9.56. The average Bonchev–Trinajstić information content (AvgIpc) is 2.66.